The molecule has 0 aliphatic rings. The summed E-state index contributed by atoms with van der Waals surface area (Å²) in [6.45, 7) is 4.25. The minimum absolute atomic E-state index is 0.787. The molecule has 0 bridgehead atoms. The minimum atomic E-state index is 0.787. The Bertz CT molecular complexity index is 794. The van der Waals surface area contributed by atoms with Crippen molar-refractivity contribution in [2.45, 2.75) is 20.3 Å². The molecular formula is C18H19N3. The van der Waals surface area contributed by atoms with Gasteiger partial charge in [-0.3, -0.25) is 0 Å². The highest BCUT2D eigenvalue weighted by molar-refractivity contribution is 5.93. The molecule has 0 atom stereocenters. The van der Waals surface area contributed by atoms with E-state index in [9.17, 15) is 0 Å². The third-order valence-electron chi connectivity index (χ3n) is 3.81. The fourth-order valence-corrected chi connectivity index (χ4v) is 2.70. The van der Waals surface area contributed by atoms with Crippen molar-refractivity contribution in [1.29, 1.82) is 0 Å². The average Bonchev–Trinajstić information content (AvgIpc) is 2.54. The number of hydrogen-bond donors (Lipinski definition) is 1. The van der Waals surface area contributed by atoms with Crippen molar-refractivity contribution < 1.29 is 0 Å². The standard InChI is InChI=1S/C18H19N3/c1-4-13-9-5-6-10-14(13)17-20-15-11-7-8-12(2)16(15)18(19-3)21-17/h5-11H,4H2,1-3H3,(H,19,20,21). The van der Waals surface area contributed by atoms with E-state index in [0.29, 0.717) is 0 Å². The third-order valence-corrected chi connectivity index (χ3v) is 3.81. The van der Waals surface area contributed by atoms with Gasteiger partial charge in [0.1, 0.15) is 5.82 Å². The van der Waals surface area contributed by atoms with E-state index in [4.69, 9.17) is 9.97 Å². The predicted octanol–water partition coefficient (Wildman–Crippen LogP) is 4.21. The van der Waals surface area contributed by atoms with Crippen LogP contribution < -0.4 is 5.32 Å². The molecule has 0 fully saturated rings. The molecule has 21 heavy (non-hydrogen) atoms. The molecule has 0 spiro atoms. The van der Waals surface area contributed by atoms with E-state index in [1.54, 1.807) is 0 Å². The van der Waals surface area contributed by atoms with Gasteiger partial charge in [-0.2, -0.15) is 0 Å². The maximum Gasteiger partial charge on any atom is 0.162 e. The second kappa shape index (κ2) is 5.52. The molecule has 3 nitrogen and oxygen atoms in total. The molecule has 3 heteroatoms. The fraction of sp³-hybridized carbons (Fsp3) is 0.222. The number of anilines is 1. The molecule has 0 saturated heterocycles. The topological polar surface area (TPSA) is 37.8 Å². The molecule has 2 aromatic carbocycles. The molecule has 0 unspecified atom stereocenters. The maximum absolute atomic E-state index is 4.77. The summed E-state index contributed by atoms with van der Waals surface area (Å²) in [5, 5.41) is 4.30. The van der Waals surface area contributed by atoms with Gasteiger partial charge in [0.25, 0.3) is 0 Å². The lowest BCUT2D eigenvalue weighted by molar-refractivity contribution is 1.12. The van der Waals surface area contributed by atoms with Gasteiger partial charge in [0.05, 0.1) is 5.52 Å². The molecule has 0 radical (unpaired) electrons. The predicted molar refractivity (Wildman–Crippen MR) is 88.6 cm³/mol. The monoisotopic (exact) mass is 277 g/mol. The number of aryl methyl sites for hydroxylation is 2. The lowest BCUT2D eigenvalue weighted by Gasteiger charge is -2.12. The van der Waals surface area contributed by atoms with Crippen LogP contribution in [0.1, 0.15) is 18.1 Å². The zero-order valence-electron chi connectivity index (χ0n) is 12.6. The van der Waals surface area contributed by atoms with Crippen LogP contribution >= 0.6 is 0 Å². The summed E-state index contributed by atoms with van der Waals surface area (Å²) >= 11 is 0. The van der Waals surface area contributed by atoms with Crippen molar-refractivity contribution in [3.8, 4) is 11.4 Å². The number of aromatic nitrogens is 2. The van der Waals surface area contributed by atoms with Gasteiger partial charge >= 0.3 is 0 Å². The molecule has 0 aliphatic heterocycles. The maximum atomic E-state index is 4.77. The van der Waals surface area contributed by atoms with Gasteiger partial charge in [0.2, 0.25) is 0 Å². The highest BCUT2D eigenvalue weighted by Crippen LogP contribution is 2.28. The number of rotatable bonds is 3. The smallest absolute Gasteiger partial charge is 0.162 e. The second-order valence-corrected chi connectivity index (χ2v) is 5.13. The molecule has 106 valence electrons. The molecule has 1 aromatic heterocycles. The van der Waals surface area contributed by atoms with E-state index in [-0.39, 0.29) is 0 Å². The van der Waals surface area contributed by atoms with E-state index < -0.39 is 0 Å². The Morgan fingerprint density at radius 1 is 1.00 bits per heavy atom. The van der Waals surface area contributed by atoms with Gasteiger partial charge in [0, 0.05) is 18.0 Å². The zero-order valence-corrected chi connectivity index (χ0v) is 12.6. The Morgan fingerprint density at radius 3 is 2.57 bits per heavy atom. The van der Waals surface area contributed by atoms with Crippen LogP contribution in [-0.4, -0.2) is 17.0 Å². The molecule has 3 aromatic rings. The first-order valence-corrected chi connectivity index (χ1v) is 7.28. The highest BCUT2D eigenvalue weighted by Gasteiger charge is 2.12. The Kier molecular flexibility index (Phi) is 3.57. The minimum Gasteiger partial charge on any atom is -0.373 e. The molecule has 0 amide bonds. The molecule has 0 aliphatic carbocycles. The largest absolute Gasteiger partial charge is 0.373 e. The van der Waals surface area contributed by atoms with E-state index in [1.807, 2.05) is 25.2 Å². The third kappa shape index (κ3) is 2.35. The van der Waals surface area contributed by atoms with Crippen molar-refractivity contribution in [3.05, 3.63) is 53.6 Å². The van der Waals surface area contributed by atoms with Crippen LogP contribution in [0.2, 0.25) is 0 Å². The van der Waals surface area contributed by atoms with Gasteiger partial charge in [-0.15, -0.1) is 0 Å². The highest BCUT2D eigenvalue weighted by atomic mass is 15.0. The molecule has 3 rings (SSSR count). The van der Waals surface area contributed by atoms with E-state index >= 15 is 0 Å². The summed E-state index contributed by atoms with van der Waals surface area (Å²) in [7, 11) is 1.91. The summed E-state index contributed by atoms with van der Waals surface area (Å²) in [4.78, 5) is 9.51. The van der Waals surface area contributed by atoms with Crippen LogP contribution in [0.25, 0.3) is 22.3 Å². The lowest BCUT2D eigenvalue weighted by Crippen LogP contribution is -2.01. The van der Waals surface area contributed by atoms with E-state index in [2.05, 4.69) is 43.4 Å². The van der Waals surface area contributed by atoms with Crippen molar-refractivity contribution in [2.75, 3.05) is 12.4 Å². The fourth-order valence-electron chi connectivity index (χ4n) is 2.70. The molecular weight excluding hydrogens is 258 g/mol. The number of hydrogen-bond acceptors (Lipinski definition) is 3. The normalized spacial score (nSPS) is 10.8. The summed E-state index contributed by atoms with van der Waals surface area (Å²) in [6, 6.07) is 14.5. The lowest BCUT2D eigenvalue weighted by atomic mass is 10.0. The van der Waals surface area contributed by atoms with Crippen LogP contribution in [-0.2, 0) is 6.42 Å². The molecule has 1 N–H and O–H groups in total. The number of benzene rings is 2. The van der Waals surface area contributed by atoms with Gasteiger partial charge in [0.15, 0.2) is 5.82 Å². The average molecular weight is 277 g/mol. The summed E-state index contributed by atoms with van der Waals surface area (Å²) in [6.07, 6.45) is 0.972. The van der Waals surface area contributed by atoms with E-state index in [1.165, 1.54) is 11.1 Å². The SMILES string of the molecule is CCc1ccccc1-c1nc(NC)c2c(C)cccc2n1. The summed E-state index contributed by atoms with van der Waals surface area (Å²) in [5.41, 5.74) is 4.55. The van der Waals surface area contributed by atoms with Crippen LogP contribution in [0, 0.1) is 6.92 Å². The van der Waals surface area contributed by atoms with Crippen LogP contribution in [0.4, 0.5) is 5.82 Å². The van der Waals surface area contributed by atoms with Gasteiger partial charge in [-0.05, 0) is 30.5 Å². The van der Waals surface area contributed by atoms with Crippen molar-refractivity contribution >= 4 is 16.7 Å². The number of nitrogens with zero attached hydrogens (tertiary/aromatic N) is 2. The summed E-state index contributed by atoms with van der Waals surface area (Å²) in [5.74, 6) is 1.67. The Balaban J connectivity index is 2.30. The van der Waals surface area contributed by atoms with Crippen LogP contribution in [0.5, 0.6) is 0 Å². The van der Waals surface area contributed by atoms with Gasteiger partial charge in [-0.25, -0.2) is 9.97 Å². The van der Waals surface area contributed by atoms with Crippen LogP contribution in [0.15, 0.2) is 42.5 Å². The quantitative estimate of drug-likeness (QED) is 0.779. The number of nitrogens with one attached hydrogen (secondary N) is 1. The van der Waals surface area contributed by atoms with Crippen molar-refractivity contribution in [2.24, 2.45) is 0 Å². The first-order chi connectivity index (χ1) is 10.2. The Labute approximate surface area is 125 Å². The van der Waals surface area contributed by atoms with Gasteiger partial charge < -0.3 is 5.32 Å². The first-order valence-electron chi connectivity index (χ1n) is 7.28. The number of fused-ring (bicyclic) bond motifs is 1. The molecule has 1 heterocycles. The Morgan fingerprint density at radius 2 is 1.81 bits per heavy atom. The van der Waals surface area contributed by atoms with Crippen LogP contribution in [0.3, 0.4) is 0 Å². The second-order valence-electron chi connectivity index (χ2n) is 5.13. The van der Waals surface area contributed by atoms with Crippen molar-refractivity contribution in [3.63, 3.8) is 0 Å². The zero-order chi connectivity index (χ0) is 14.8. The molecule has 0 saturated carbocycles. The van der Waals surface area contributed by atoms with Crippen molar-refractivity contribution in [1.82, 2.24) is 9.97 Å². The van der Waals surface area contributed by atoms with Gasteiger partial charge in [-0.1, -0.05) is 43.3 Å². The first kappa shape index (κ1) is 13.6. The van der Waals surface area contributed by atoms with E-state index in [0.717, 1.165) is 34.5 Å². The Hall–Kier alpha value is -2.42. The summed E-state index contributed by atoms with van der Waals surface area (Å²) < 4.78 is 0.